The Balaban J connectivity index is 1.94. The molecule has 24 heavy (non-hydrogen) atoms. The number of rotatable bonds is 6. The van der Waals surface area contributed by atoms with Gasteiger partial charge in [-0.05, 0) is 42.9 Å². The Morgan fingerprint density at radius 2 is 2.00 bits per heavy atom. The maximum Gasteiger partial charge on any atom is 0.310 e. The minimum atomic E-state index is -0.155. The van der Waals surface area contributed by atoms with Gasteiger partial charge in [0.2, 0.25) is 0 Å². The van der Waals surface area contributed by atoms with E-state index in [1.807, 2.05) is 26.0 Å². The molecular weight excluding hydrogens is 347 g/mol. The van der Waals surface area contributed by atoms with Crippen LogP contribution in [0.4, 0.5) is 0 Å². The topological polar surface area (TPSA) is 35.5 Å². The van der Waals surface area contributed by atoms with Crippen molar-refractivity contribution in [1.29, 1.82) is 0 Å². The van der Waals surface area contributed by atoms with Crippen LogP contribution < -0.4 is 4.74 Å². The number of esters is 1. The van der Waals surface area contributed by atoms with E-state index in [4.69, 9.17) is 32.7 Å². The summed E-state index contributed by atoms with van der Waals surface area (Å²) in [7, 11) is 0. The van der Waals surface area contributed by atoms with Gasteiger partial charge in [-0.3, -0.25) is 4.79 Å². The highest BCUT2D eigenvalue weighted by molar-refractivity contribution is 6.55. The van der Waals surface area contributed by atoms with Crippen LogP contribution in [-0.2, 0) is 16.1 Å². The average Bonchev–Trinajstić information content (AvgIpc) is 3.03. The van der Waals surface area contributed by atoms with E-state index >= 15 is 0 Å². The summed E-state index contributed by atoms with van der Waals surface area (Å²) in [5.74, 6) is 0.597. The summed E-state index contributed by atoms with van der Waals surface area (Å²) in [5.41, 5.74) is 2.03. The monoisotopic (exact) mass is 368 g/mol. The van der Waals surface area contributed by atoms with Crippen LogP contribution in [0.2, 0.25) is 0 Å². The molecule has 0 amide bonds. The lowest BCUT2D eigenvalue weighted by Gasteiger charge is -2.07. The summed E-state index contributed by atoms with van der Waals surface area (Å²) < 4.78 is 10.8. The second kappa shape index (κ2) is 7.62. The number of halogens is 2. The predicted octanol–water partition coefficient (Wildman–Crippen LogP) is 5.62. The van der Waals surface area contributed by atoms with Crippen LogP contribution in [0.15, 0.2) is 46.7 Å². The van der Waals surface area contributed by atoms with Gasteiger partial charge in [-0.15, -0.1) is 0 Å². The van der Waals surface area contributed by atoms with E-state index in [2.05, 4.69) is 19.9 Å². The third-order valence-electron chi connectivity index (χ3n) is 4.24. The SMILES string of the molecule is CC(C)=CC1C(C(=O)OCc2cccc(OC=C(Cl)Cl)c2)C1(C)C. The molecule has 3 nitrogen and oxygen atoms in total. The summed E-state index contributed by atoms with van der Waals surface area (Å²) in [6.45, 7) is 8.50. The van der Waals surface area contributed by atoms with Crippen molar-refractivity contribution in [3.8, 4) is 5.75 Å². The van der Waals surface area contributed by atoms with E-state index in [-0.39, 0.29) is 34.3 Å². The molecule has 1 fully saturated rings. The predicted molar refractivity (Wildman–Crippen MR) is 96.8 cm³/mol. The maximum atomic E-state index is 12.4. The zero-order valence-corrected chi connectivity index (χ0v) is 15.8. The lowest BCUT2D eigenvalue weighted by molar-refractivity contribution is -0.147. The summed E-state index contributed by atoms with van der Waals surface area (Å²) >= 11 is 11.0. The van der Waals surface area contributed by atoms with Crippen LogP contribution in [0, 0.1) is 17.3 Å². The molecule has 1 aliphatic carbocycles. The third kappa shape index (κ3) is 4.78. The summed E-state index contributed by atoms with van der Waals surface area (Å²) in [6.07, 6.45) is 3.40. The van der Waals surface area contributed by atoms with Crippen molar-refractivity contribution < 1.29 is 14.3 Å². The Bertz CT molecular complexity index is 669. The summed E-state index contributed by atoms with van der Waals surface area (Å²) in [5, 5.41) is 0. The zero-order valence-electron chi connectivity index (χ0n) is 14.3. The molecule has 1 saturated carbocycles. The minimum Gasteiger partial charge on any atom is -0.462 e. The van der Waals surface area contributed by atoms with E-state index in [1.165, 1.54) is 11.8 Å². The quantitative estimate of drug-likeness (QED) is 0.371. The molecule has 1 aromatic rings. The first-order valence-corrected chi connectivity index (χ1v) is 8.56. The van der Waals surface area contributed by atoms with Crippen LogP contribution in [0.5, 0.6) is 5.75 Å². The van der Waals surface area contributed by atoms with Crippen molar-refractivity contribution in [3.63, 3.8) is 0 Å². The highest BCUT2D eigenvalue weighted by Crippen LogP contribution is 2.59. The van der Waals surface area contributed by atoms with Crippen molar-refractivity contribution in [3.05, 3.63) is 52.2 Å². The second-order valence-electron chi connectivity index (χ2n) is 6.85. The first-order chi connectivity index (χ1) is 11.2. The molecule has 2 rings (SSSR count). The van der Waals surface area contributed by atoms with Gasteiger partial charge in [0.15, 0.2) is 0 Å². The van der Waals surface area contributed by atoms with E-state index in [1.54, 1.807) is 12.1 Å². The van der Waals surface area contributed by atoms with Crippen LogP contribution in [0.25, 0.3) is 0 Å². The first-order valence-electron chi connectivity index (χ1n) is 7.80. The number of benzene rings is 1. The van der Waals surface area contributed by atoms with E-state index in [9.17, 15) is 4.79 Å². The third-order valence-corrected chi connectivity index (χ3v) is 4.42. The Morgan fingerprint density at radius 3 is 2.62 bits per heavy atom. The fraction of sp³-hybridized carbons (Fsp3) is 0.421. The Labute approximate surface area is 153 Å². The number of allylic oxidation sites excluding steroid dienone is 2. The van der Waals surface area contributed by atoms with Gasteiger partial charge in [0.05, 0.1) is 5.92 Å². The molecule has 2 unspecified atom stereocenters. The molecule has 130 valence electrons. The van der Waals surface area contributed by atoms with Crippen LogP contribution in [0.3, 0.4) is 0 Å². The molecule has 0 heterocycles. The van der Waals surface area contributed by atoms with Gasteiger partial charge in [-0.25, -0.2) is 0 Å². The number of hydrogen-bond donors (Lipinski definition) is 0. The number of carbonyl (C=O) groups is 1. The van der Waals surface area contributed by atoms with Gasteiger partial charge < -0.3 is 9.47 Å². The van der Waals surface area contributed by atoms with Gasteiger partial charge in [0.1, 0.15) is 23.1 Å². The Morgan fingerprint density at radius 1 is 1.29 bits per heavy atom. The van der Waals surface area contributed by atoms with Crippen molar-refractivity contribution >= 4 is 29.2 Å². The fourth-order valence-corrected chi connectivity index (χ4v) is 2.95. The van der Waals surface area contributed by atoms with Crippen molar-refractivity contribution in [2.75, 3.05) is 0 Å². The zero-order chi connectivity index (χ0) is 17.9. The Kier molecular flexibility index (Phi) is 6.00. The van der Waals surface area contributed by atoms with E-state index in [0.717, 1.165) is 5.56 Å². The summed E-state index contributed by atoms with van der Waals surface area (Å²) in [6, 6.07) is 7.25. The molecular formula is C19H22Cl2O3. The van der Waals surface area contributed by atoms with Gasteiger partial charge in [0.25, 0.3) is 0 Å². The highest BCUT2D eigenvalue weighted by Gasteiger charge is 2.61. The van der Waals surface area contributed by atoms with E-state index in [0.29, 0.717) is 5.75 Å². The molecule has 0 N–H and O–H groups in total. The summed E-state index contributed by atoms with van der Waals surface area (Å²) in [4.78, 5) is 12.4. The standard InChI is InChI=1S/C19H22Cl2O3/c1-12(2)8-15-17(19(15,3)4)18(22)24-10-13-6-5-7-14(9-13)23-11-16(20)21/h5-9,11,15,17H,10H2,1-4H3. The normalized spacial score (nSPS) is 20.8. The van der Waals surface area contributed by atoms with E-state index < -0.39 is 0 Å². The van der Waals surface area contributed by atoms with Gasteiger partial charge >= 0.3 is 5.97 Å². The Hall–Kier alpha value is -1.45. The van der Waals surface area contributed by atoms with Crippen LogP contribution in [0.1, 0.15) is 33.3 Å². The fourth-order valence-electron chi connectivity index (χ4n) is 2.86. The maximum absolute atomic E-state index is 12.4. The first kappa shape index (κ1) is 18.9. The number of ether oxygens (including phenoxy) is 2. The molecule has 0 spiro atoms. The number of carbonyl (C=O) groups excluding carboxylic acids is 1. The molecule has 1 aromatic carbocycles. The molecule has 5 heteroatoms. The van der Waals surface area contributed by atoms with Gasteiger partial charge in [0, 0.05) is 0 Å². The molecule has 0 aliphatic heterocycles. The molecule has 0 saturated heterocycles. The molecule has 0 bridgehead atoms. The highest BCUT2D eigenvalue weighted by atomic mass is 35.5. The lowest BCUT2D eigenvalue weighted by atomic mass is 10.1. The van der Waals surface area contributed by atoms with Crippen molar-refractivity contribution in [2.45, 2.75) is 34.3 Å². The molecule has 0 radical (unpaired) electrons. The van der Waals surface area contributed by atoms with Gasteiger partial charge in [-0.2, -0.15) is 0 Å². The smallest absolute Gasteiger partial charge is 0.310 e. The molecule has 1 aliphatic rings. The second-order valence-corrected chi connectivity index (χ2v) is 7.86. The lowest BCUT2D eigenvalue weighted by Crippen LogP contribution is -2.10. The van der Waals surface area contributed by atoms with Crippen LogP contribution in [-0.4, -0.2) is 5.97 Å². The average molecular weight is 369 g/mol. The largest absolute Gasteiger partial charge is 0.462 e. The van der Waals surface area contributed by atoms with Gasteiger partial charge in [-0.1, -0.05) is 60.8 Å². The van der Waals surface area contributed by atoms with Crippen molar-refractivity contribution in [2.24, 2.45) is 17.3 Å². The van der Waals surface area contributed by atoms with Crippen LogP contribution >= 0.6 is 23.2 Å². The number of hydrogen-bond acceptors (Lipinski definition) is 3. The molecule has 0 aromatic heterocycles. The minimum absolute atomic E-state index is 0.0353. The molecule has 2 atom stereocenters. The van der Waals surface area contributed by atoms with Crippen molar-refractivity contribution in [1.82, 2.24) is 0 Å².